The highest BCUT2D eigenvalue weighted by Gasteiger charge is 2.23. The van der Waals surface area contributed by atoms with Gasteiger partial charge in [-0.2, -0.15) is 4.98 Å². The summed E-state index contributed by atoms with van der Waals surface area (Å²) in [5.74, 6) is -0.489. The van der Waals surface area contributed by atoms with Crippen molar-refractivity contribution in [1.82, 2.24) is 9.97 Å². The van der Waals surface area contributed by atoms with Crippen LogP contribution in [0.1, 0.15) is 5.56 Å². The molecule has 7 nitrogen and oxygen atoms in total. The number of hydrogen-bond donors (Lipinski definition) is 1. The van der Waals surface area contributed by atoms with Gasteiger partial charge in [0.2, 0.25) is 5.82 Å². The molecule has 0 bridgehead atoms. The SMILES string of the molecule is COc1ncnc(NCc2cccc(F)c2)c1[N+](=O)[O-]. The van der Waals surface area contributed by atoms with Crippen LogP contribution in [0.5, 0.6) is 5.88 Å². The lowest BCUT2D eigenvalue weighted by Gasteiger charge is -2.07. The molecule has 1 aromatic heterocycles. The third-order valence-electron chi connectivity index (χ3n) is 2.51. The molecular formula is C12H11FN4O3. The number of ether oxygens (including phenoxy) is 1. The number of nitro groups is 1. The largest absolute Gasteiger partial charge is 0.476 e. The summed E-state index contributed by atoms with van der Waals surface area (Å²) in [6.45, 7) is 0.193. The first-order valence-corrected chi connectivity index (χ1v) is 5.63. The fraction of sp³-hybridized carbons (Fsp3) is 0.167. The zero-order chi connectivity index (χ0) is 14.5. The Labute approximate surface area is 113 Å². The van der Waals surface area contributed by atoms with Crippen LogP contribution in [0.25, 0.3) is 0 Å². The Morgan fingerprint density at radius 1 is 1.45 bits per heavy atom. The summed E-state index contributed by atoms with van der Waals surface area (Å²) < 4.78 is 17.9. The number of halogens is 1. The van der Waals surface area contributed by atoms with Crippen molar-refractivity contribution in [3.63, 3.8) is 0 Å². The molecule has 0 radical (unpaired) electrons. The van der Waals surface area contributed by atoms with Crippen LogP contribution in [0, 0.1) is 15.9 Å². The molecule has 0 aliphatic heterocycles. The molecule has 0 spiro atoms. The minimum Gasteiger partial charge on any atom is -0.476 e. The lowest BCUT2D eigenvalue weighted by atomic mass is 10.2. The molecule has 0 fully saturated rings. The quantitative estimate of drug-likeness (QED) is 0.665. The summed E-state index contributed by atoms with van der Waals surface area (Å²) in [4.78, 5) is 17.9. The summed E-state index contributed by atoms with van der Waals surface area (Å²) >= 11 is 0. The first kappa shape index (κ1) is 13.7. The highest BCUT2D eigenvalue weighted by molar-refractivity contribution is 5.61. The fourth-order valence-electron chi connectivity index (χ4n) is 1.64. The van der Waals surface area contributed by atoms with Crippen LogP contribution in [0.3, 0.4) is 0 Å². The summed E-state index contributed by atoms with van der Waals surface area (Å²) in [6, 6.07) is 5.90. The van der Waals surface area contributed by atoms with Crippen molar-refractivity contribution in [1.29, 1.82) is 0 Å². The van der Waals surface area contributed by atoms with Gasteiger partial charge in [0.1, 0.15) is 12.1 Å². The Hall–Kier alpha value is -2.77. The van der Waals surface area contributed by atoms with Gasteiger partial charge in [-0.3, -0.25) is 10.1 Å². The van der Waals surface area contributed by atoms with Crippen LogP contribution < -0.4 is 10.1 Å². The van der Waals surface area contributed by atoms with Crippen LogP contribution in [-0.4, -0.2) is 22.0 Å². The molecule has 0 atom stereocenters. The maximum absolute atomic E-state index is 13.0. The second-order valence-corrected chi connectivity index (χ2v) is 3.82. The van der Waals surface area contributed by atoms with Gasteiger partial charge >= 0.3 is 5.69 Å². The molecule has 2 rings (SSSR count). The van der Waals surface area contributed by atoms with Gasteiger partial charge in [-0.05, 0) is 17.7 Å². The Morgan fingerprint density at radius 2 is 2.25 bits per heavy atom. The fourth-order valence-corrected chi connectivity index (χ4v) is 1.64. The maximum atomic E-state index is 13.0. The molecule has 1 heterocycles. The van der Waals surface area contributed by atoms with Crippen LogP contribution in [0.2, 0.25) is 0 Å². The highest BCUT2D eigenvalue weighted by atomic mass is 19.1. The normalized spacial score (nSPS) is 10.1. The van der Waals surface area contributed by atoms with Gasteiger partial charge < -0.3 is 10.1 Å². The van der Waals surface area contributed by atoms with Gasteiger partial charge in [0.15, 0.2) is 0 Å². The highest BCUT2D eigenvalue weighted by Crippen LogP contribution is 2.30. The number of nitrogens with one attached hydrogen (secondary N) is 1. The summed E-state index contributed by atoms with van der Waals surface area (Å²) in [6.07, 6.45) is 1.15. The molecule has 20 heavy (non-hydrogen) atoms. The van der Waals surface area contributed by atoms with Crippen LogP contribution in [-0.2, 0) is 6.54 Å². The van der Waals surface area contributed by atoms with Crippen LogP contribution >= 0.6 is 0 Å². The van der Waals surface area contributed by atoms with Crippen molar-refractivity contribution in [2.24, 2.45) is 0 Å². The number of hydrogen-bond acceptors (Lipinski definition) is 6. The van der Waals surface area contributed by atoms with Crippen molar-refractivity contribution in [3.05, 3.63) is 52.1 Å². The van der Waals surface area contributed by atoms with Crippen LogP contribution in [0.15, 0.2) is 30.6 Å². The van der Waals surface area contributed by atoms with Gasteiger partial charge in [0.25, 0.3) is 5.88 Å². The first-order valence-electron chi connectivity index (χ1n) is 5.63. The van der Waals surface area contributed by atoms with Gasteiger partial charge in [-0.1, -0.05) is 12.1 Å². The Kier molecular flexibility index (Phi) is 4.04. The number of methoxy groups -OCH3 is 1. The number of benzene rings is 1. The Balaban J connectivity index is 2.23. The molecule has 1 N–H and O–H groups in total. The van der Waals surface area contributed by atoms with Crippen molar-refractivity contribution >= 4 is 11.5 Å². The van der Waals surface area contributed by atoms with Gasteiger partial charge in [0, 0.05) is 6.54 Å². The summed E-state index contributed by atoms with van der Waals surface area (Å²) in [7, 11) is 1.28. The minimum absolute atomic E-state index is 0.0195. The maximum Gasteiger partial charge on any atom is 0.372 e. The lowest BCUT2D eigenvalue weighted by molar-refractivity contribution is -0.385. The van der Waals surface area contributed by atoms with Gasteiger partial charge in [0.05, 0.1) is 12.0 Å². The predicted molar refractivity (Wildman–Crippen MR) is 69.0 cm³/mol. The Bertz CT molecular complexity index is 636. The molecule has 0 unspecified atom stereocenters. The monoisotopic (exact) mass is 278 g/mol. The van der Waals surface area contributed by atoms with Crippen molar-refractivity contribution in [2.45, 2.75) is 6.54 Å². The Morgan fingerprint density at radius 3 is 2.90 bits per heavy atom. The average molecular weight is 278 g/mol. The number of aromatic nitrogens is 2. The summed E-state index contributed by atoms with van der Waals surface area (Å²) in [5.41, 5.74) is 0.281. The second kappa shape index (κ2) is 5.91. The molecule has 0 aliphatic carbocycles. The topological polar surface area (TPSA) is 90.2 Å². The van der Waals surface area contributed by atoms with E-state index in [4.69, 9.17) is 4.74 Å². The van der Waals surface area contributed by atoms with E-state index in [0.717, 1.165) is 6.33 Å². The predicted octanol–water partition coefficient (Wildman–Crippen LogP) is 2.14. The van der Waals surface area contributed by atoms with E-state index >= 15 is 0 Å². The van der Waals surface area contributed by atoms with Crippen LogP contribution in [0.4, 0.5) is 15.9 Å². The van der Waals surface area contributed by atoms with E-state index in [9.17, 15) is 14.5 Å². The van der Waals surface area contributed by atoms with E-state index in [2.05, 4.69) is 15.3 Å². The van der Waals surface area contributed by atoms with E-state index in [0.29, 0.717) is 5.56 Å². The molecule has 2 aromatic rings. The molecule has 8 heteroatoms. The number of anilines is 1. The minimum atomic E-state index is -0.632. The second-order valence-electron chi connectivity index (χ2n) is 3.82. The zero-order valence-corrected chi connectivity index (χ0v) is 10.5. The van der Waals surface area contributed by atoms with E-state index < -0.39 is 4.92 Å². The van der Waals surface area contributed by atoms with Crippen molar-refractivity contribution < 1.29 is 14.1 Å². The van der Waals surface area contributed by atoms with Gasteiger partial charge in [-0.15, -0.1) is 0 Å². The lowest BCUT2D eigenvalue weighted by Crippen LogP contribution is -2.07. The molecule has 0 aliphatic rings. The smallest absolute Gasteiger partial charge is 0.372 e. The summed E-state index contributed by atoms with van der Waals surface area (Å²) in [5, 5.41) is 13.8. The molecular weight excluding hydrogens is 267 g/mol. The third kappa shape index (κ3) is 2.97. The molecule has 0 amide bonds. The van der Waals surface area contributed by atoms with E-state index in [-0.39, 0.29) is 29.7 Å². The number of nitrogens with zero attached hydrogens (tertiary/aromatic N) is 3. The number of rotatable bonds is 5. The standard InChI is InChI=1S/C12H11FN4O3/c1-20-12-10(17(18)19)11(15-7-16-12)14-6-8-3-2-4-9(13)5-8/h2-5,7H,6H2,1H3,(H,14,15,16). The third-order valence-corrected chi connectivity index (χ3v) is 2.51. The van der Waals surface area contributed by atoms with Crippen molar-refractivity contribution in [3.8, 4) is 5.88 Å². The van der Waals surface area contributed by atoms with E-state index in [1.54, 1.807) is 12.1 Å². The molecule has 0 saturated carbocycles. The van der Waals surface area contributed by atoms with E-state index in [1.165, 1.54) is 19.2 Å². The van der Waals surface area contributed by atoms with E-state index in [1.807, 2.05) is 0 Å². The molecule has 1 aromatic carbocycles. The average Bonchev–Trinajstić information content (AvgIpc) is 2.44. The first-order chi connectivity index (χ1) is 9.61. The zero-order valence-electron chi connectivity index (χ0n) is 10.5. The molecule has 104 valence electrons. The van der Waals surface area contributed by atoms with Gasteiger partial charge in [-0.25, -0.2) is 9.37 Å². The van der Waals surface area contributed by atoms with Crippen molar-refractivity contribution in [2.75, 3.05) is 12.4 Å². The molecule has 0 saturated heterocycles.